The first-order valence-corrected chi connectivity index (χ1v) is 10.2. The highest BCUT2D eigenvalue weighted by molar-refractivity contribution is 7.89. The van der Waals surface area contributed by atoms with Crippen LogP contribution in [-0.2, 0) is 23.0 Å². The molecule has 1 N–H and O–H groups in total. The van der Waals surface area contributed by atoms with Gasteiger partial charge in [-0.15, -0.1) is 0 Å². The molecule has 0 saturated heterocycles. The molecule has 3 aromatic rings. The van der Waals surface area contributed by atoms with Gasteiger partial charge in [0.1, 0.15) is 11.5 Å². The lowest BCUT2D eigenvalue weighted by Crippen LogP contribution is -2.36. The van der Waals surface area contributed by atoms with Crippen LogP contribution in [0.15, 0.2) is 41.3 Å². The van der Waals surface area contributed by atoms with E-state index in [1.807, 2.05) is 18.2 Å². The maximum absolute atomic E-state index is 13.2. The number of aromatic amines is 1. The van der Waals surface area contributed by atoms with Crippen LogP contribution in [-0.4, -0.2) is 38.5 Å². The van der Waals surface area contributed by atoms with Crippen molar-refractivity contribution in [3.63, 3.8) is 0 Å². The quantitative estimate of drug-likeness (QED) is 0.747. The first kappa shape index (κ1) is 17.9. The van der Waals surface area contributed by atoms with Gasteiger partial charge in [0.05, 0.1) is 19.1 Å². The second-order valence-corrected chi connectivity index (χ2v) is 8.62. The molecular weight excluding hydrogens is 364 g/mol. The van der Waals surface area contributed by atoms with Gasteiger partial charge in [-0.25, -0.2) is 8.42 Å². The molecule has 2 heterocycles. The summed E-state index contributed by atoms with van der Waals surface area (Å²) in [6.07, 6.45) is 0.654. The van der Waals surface area contributed by atoms with Crippen LogP contribution in [0, 0.1) is 6.92 Å². The van der Waals surface area contributed by atoms with Gasteiger partial charge in [-0.2, -0.15) is 4.31 Å². The Morgan fingerprint density at radius 1 is 1.04 bits per heavy atom. The van der Waals surface area contributed by atoms with Crippen LogP contribution in [0.1, 0.15) is 16.8 Å². The van der Waals surface area contributed by atoms with Crippen LogP contribution in [0.4, 0.5) is 0 Å². The topological polar surface area (TPSA) is 71.6 Å². The highest BCUT2D eigenvalue weighted by Crippen LogP contribution is 2.33. The van der Waals surface area contributed by atoms with Crippen LogP contribution in [0.25, 0.3) is 10.9 Å². The number of nitrogens with one attached hydrogen (secondary N) is 1. The van der Waals surface area contributed by atoms with E-state index in [0.29, 0.717) is 35.7 Å². The Hall–Kier alpha value is -2.51. The fraction of sp³-hybridized carbons (Fsp3) is 0.300. The molecule has 1 aliphatic rings. The van der Waals surface area contributed by atoms with Gasteiger partial charge in [-0.05, 0) is 54.4 Å². The van der Waals surface area contributed by atoms with Gasteiger partial charge in [0.15, 0.2) is 0 Å². The van der Waals surface area contributed by atoms with Gasteiger partial charge >= 0.3 is 0 Å². The first-order valence-electron chi connectivity index (χ1n) is 8.76. The number of hydrogen-bond donors (Lipinski definition) is 1. The Morgan fingerprint density at radius 2 is 1.74 bits per heavy atom. The molecule has 0 spiro atoms. The Morgan fingerprint density at radius 3 is 2.44 bits per heavy atom. The number of aromatic nitrogens is 1. The Balaban J connectivity index is 1.73. The number of methoxy groups -OCH3 is 2. The molecule has 0 bridgehead atoms. The van der Waals surface area contributed by atoms with Crippen molar-refractivity contribution < 1.29 is 17.9 Å². The zero-order valence-electron chi connectivity index (χ0n) is 15.6. The molecule has 2 aromatic carbocycles. The van der Waals surface area contributed by atoms with Crippen LogP contribution in [0.2, 0.25) is 0 Å². The van der Waals surface area contributed by atoms with Crippen molar-refractivity contribution in [2.24, 2.45) is 0 Å². The zero-order valence-corrected chi connectivity index (χ0v) is 16.4. The van der Waals surface area contributed by atoms with Crippen molar-refractivity contribution in [3.05, 3.63) is 53.2 Å². The molecule has 0 saturated carbocycles. The van der Waals surface area contributed by atoms with Gasteiger partial charge in [-0.1, -0.05) is 0 Å². The average molecular weight is 386 g/mol. The third kappa shape index (κ3) is 2.96. The second kappa shape index (κ2) is 6.58. The minimum Gasteiger partial charge on any atom is -0.497 e. The summed E-state index contributed by atoms with van der Waals surface area (Å²) in [6, 6.07) is 10.9. The summed E-state index contributed by atoms with van der Waals surface area (Å²) >= 11 is 0. The van der Waals surface area contributed by atoms with Crippen molar-refractivity contribution in [1.82, 2.24) is 9.29 Å². The Bertz CT molecular complexity index is 1120. The number of H-pyrrole nitrogens is 1. The maximum atomic E-state index is 13.2. The van der Waals surface area contributed by atoms with Gasteiger partial charge in [0, 0.05) is 36.1 Å². The maximum Gasteiger partial charge on any atom is 0.243 e. The molecule has 7 heteroatoms. The summed E-state index contributed by atoms with van der Waals surface area (Å²) < 4.78 is 38.6. The predicted molar refractivity (Wildman–Crippen MR) is 104 cm³/mol. The molecule has 27 heavy (non-hydrogen) atoms. The largest absolute Gasteiger partial charge is 0.497 e. The minimum atomic E-state index is -3.59. The van der Waals surface area contributed by atoms with Crippen molar-refractivity contribution >= 4 is 20.9 Å². The lowest BCUT2D eigenvalue weighted by Gasteiger charge is -2.27. The number of hydrogen-bond acceptors (Lipinski definition) is 4. The first-order chi connectivity index (χ1) is 12.9. The van der Waals surface area contributed by atoms with E-state index in [1.54, 1.807) is 43.6 Å². The molecular formula is C20H22N2O4S. The molecule has 1 aromatic heterocycles. The molecule has 0 unspecified atom stereocenters. The van der Waals surface area contributed by atoms with E-state index in [2.05, 4.69) is 4.98 Å². The summed E-state index contributed by atoms with van der Waals surface area (Å²) in [5.41, 5.74) is 3.79. The molecule has 6 nitrogen and oxygen atoms in total. The number of sulfonamides is 1. The lowest BCUT2D eigenvalue weighted by atomic mass is 10.1. The highest BCUT2D eigenvalue weighted by atomic mass is 32.2. The summed E-state index contributed by atoms with van der Waals surface area (Å²) in [7, 11) is -0.392. The molecule has 0 fully saturated rings. The highest BCUT2D eigenvalue weighted by Gasteiger charge is 2.31. The summed E-state index contributed by atoms with van der Waals surface area (Å²) in [5, 5.41) is 1.01. The molecule has 142 valence electrons. The SMILES string of the molecule is COc1ccc(S(=O)(=O)N2CCc3[nH]c4ccc(OC)cc4c3C2)c(C)c1. The molecule has 0 amide bonds. The molecule has 0 aliphatic carbocycles. The van der Waals surface area contributed by atoms with Crippen molar-refractivity contribution in [2.45, 2.75) is 24.8 Å². The number of aryl methyl sites for hydroxylation is 1. The summed E-state index contributed by atoms with van der Waals surface area (Å²) in [6.45, 7) is 2.59. The van der Waals surface area contributed by atoms with Crippen molar-refractivity contribution in [2.75, 3.05) is 20.8 Å². The Labute approximate surface area is 158 Å². The van der Waals surface area contributed by atoms with Crippen molar-refractivity contribution in [3.8, 4) is 11.5 Å². The lowest BCUT2D eigenvalue weighted by molar-refractivity contribution is 0.390. The van der Waals surface area contributed by atoms with E-state index in [-0.39, 0.29) is 0 Å². The third-order valence-corrected chi connectivity index (χ3v) is 7.15. The summed E-state index contributed by atoms with van der Waals surface area (Å²) in [4.78, 5) is 3.74. The molecule has 0 radical (unpaired) electrons. The van der Waals surface area contributed by atoms with Gasteiger partial charge in [0.25, 0.3) is 0 Å². The van der Waals surface area contributed by atoms with Gasteiger partial charge in [-0.3, -0.25) is 0 Å². The number of fused-ring (bicyclic) bond motifs is 3. The molecule has 0 atom stereocenters. The van der Waals surface area contributed by atoms with Crippen molar-refractivity contribution in [1.29, 1.82) is 0 Å². The zero-order chi connectivity index (χ0) is 19.2. The van der Waals surface area contributed by atoms with E-state index in [1.165, 1.54) is 0 Å². The minimum absolute atomic E-state index is 0.323. The summed E-state index contributed by atoms with van der Waals surface area (Å²) in [5.74, 6) is 1.41. The standard InChI is InChI=1S/C20H22N2O4S/c1-13-10-14(25-2)5-7-20(13)27(23,24)22-9-8-19-17(12-22)16-11-15(26-3)4-6-18(16)21-19/h4-7,10-11,21H,8-9,12H2,1-3H3. The van der Waals surface area contributed by atoms with E-state index >= 15 is 0 Å². The fourth-order valence-electron chi connectivity index (χ4n) is 3.68. The monoisotopic (exact) mass is 386 g/mol. The number of ether oxygens (including phenoxy) is 2. The third-order valence-electron chi connectivity index (χ3n) is 5.15. The smallest absolute Gasteiger partial charge is 0.243 e. The number of benzene rings is 2. The predicted octanol–water partition coefficient (Wildman–Crippen LogP) is 3.24. The second-order valence-electron chi connectivity index (χ2n) is 6.71. The average Bonchev–Trinajstić information content (AvgIpc) is 3.04. The molecule has 1 aliphatic heterocycles. The van der Waals surface area contributed by atoms with Crippen LogP contribution < -0.4 is 9.47 Å². The van der Waals surface area contributed by atoms with Gasteiger partial charge in [0.2, 0.25) is 10.0 Å². The van der Waals surface area contributed by atoms with E-state index in [4.69, 9.17) is 9.47 Å². The Kier molecular flexibility index (Phi) is 4.36. The van der Waals surface area contributed by atoms with E-state index in [0.717, 1.165) is 27.9 Å². The molecule has 4 rings (SSSR count). The van der Waals surface area contributed by atoms with E-state index < -0.39 is 10.0 Å². The number of nitrogens with zero attached hydrogens (tertiary/aromatic N) is 1. The van der Waals surface area contributed by atoms with Crippen LogP contribution >= 0.6 is 0 Å². The van der Waals surface area contributed by atoms with Gasteiger partial charge < -0.3 is 14.5 Å². The normalized spacial score (nSPS) is 14.9. The van der Waals surface area contributed by atoms with E-state index in [9.17, 15) is 8.42 Å². The van der Waals surface area contributed by atoms with Crippen LogP contribution in [0.3, 0.4) is 0 Å². The van der Waals surface area contributed by atoms with Crippen LogP contribution in [0.5, 0.6) is 11.5 Å². The fourth-order valence-corrected chi connectivity index (χ4v) is 5.29. The number of rotatable bonds is 4.